The van der Waals surface area contributed by atoms with E-state index in [2.05, 4.69) is 16.4 Å². The number of amides is 1. The number of hydrogen-bond acceptors (Lipinski definition) is 4. The maximum atomic E-state index is 12.4. The molecule has 1 aromatic heterocycles. The van der Waals surface area contributed by atoms with Crippen LogP contribution in [0.1, 0.15) is 11.9 Å². The Hall–Kier alpha value is -1.95. The van der Waals surface area contributed by atoms with E-state index in [0.717, 1.165) is 15.2 Å². The molecular weight excluding hydrogens is 342 g/mol. The van der Waals surface area contributed by atoms with Gasteiger partial charge in [-0.3, -0.25) is 9.69 Å². The smallest absolute Gasteiger partial charge is 0.241 e. The molecule has 3 rings (SSSR count). The highest BCUT2D eigenvalue weighted by Gasteiger charge is 2.19. The van der Waals surface area contributed by atoms with Gasteiger partial charge >= 0.3 is 0 Å². The Balaban J connectivity index is 1.65. The quantitative estimate of drug-likeness (QED) is 0.734. The van der Waals surface area contributed by atoms with Crippen molar-refractivity contribution in [3.05, 3.63) is 58.6 Å². The summed E-state index contributed by atoms with van der Waals surface area (Å²) in [6, 6.07) is 14.9. The van der Waals surface area contributed by atoms with Crippen LogP contribution in [0.5, 0.6) is 0 Å². The Morgan fingerprint density at radius 3 is 2.83 bits per heavy atom. The predicted molar refractivity (Wildman–Crippen MR) is 101 cm³/mol. The summed E-state index contributed by atoms with van der Waals surface area (Å²) in [5, 5.41) is 4.50. The topological polar surface area (TPSA) is 45.2 Å². The lowest BCUT2D eigenvalue weighted by atomic mass is 10.2. The van der Waals surface area contributed by atoms with E-state index in [9.17, 15) is 4.79 Å². The van der Waals surface area contributed by atoms with Gasteiger partial charge in [0.2, 0.25) is 5.91 Å². The van der Waals surface area contributed by atoms with Gasteiger partial charge in [-0.2, -0.15) is 0 Å². The lowest BCUT2D eigenvalue weighted by molar-refractivity contribution is -0.120. The molecule has 0 fully saturated rings. The summed E-state index contributed by atoms with van der Waals surface area (Å²) in [5.74, 6) is -0.0686. The molecule has 0 spiro atoms. The number of rotatable bonds is 5. The minimum atomic E-state index is -0.281. The SMILES string of the molecule is C[C@H](C(=O)Nc1cccc(Cl)c1)N(C)Cc1nc2ccccc2s1. The summed E-state index contributed by atoms with van der Waals surface area (Å²) in [6.07, 6.45) is 0. The minimum Gasteiger partial charge on any atom is -0.325 e. The molecule has 1 amide bonds. The second kappa shape index (κ2) is 7.30. The average molecular weight is 360 g/mol. The molecule has 4 nitrogen and oxygen atoms in total. The van der Waals surface area contributed by atoms with Gasteiger partial charge in [-0.05, 0) is 44.3 Å². The van der Waals surface area contributed by atoms with E-state index in [1.54, 1.807) is 23.5 Å². The highest BCUT2D eigenvalue weighted by molar-refractivity contribution is 7.18. The van der Waals surface area contributed by atoms with Crippen LogP contribution in [0.2, 0.25) is 5.02 Å². The molecule has 124 valence electrons. The summed E-state index contributed by atoms with van der Waals surface area (Å²) in [4.78, 5) is 19.0. The van der Waals surface area contributed by atoms with Crippen LogP contribution in [0, 0.1) is 0 Å². The van der Waals surface area contributed by atoms with Gasteiger partial charge in [-0.15, -0.1) is 11.3 Å². The summed E-state index contributed by atoms with van der Waals surface area (Å²) >= 11 is 7.61. The molecule has 1 heterocycles. The molecule has 0 saturated carbocycles. The third-order valence-electron chi connectivity index (χ3n) is 3.86. The Bertz CT molecular complexity index is 831. The number of para-hydroxylation sites is 1. The van der Waals surface area contributed by atoms with Gasteiger partial charge in [0.1, 0.15) is 5.01 Å². The molecular formula is C18H18ClN3OS. The first-order chi connectivity index (χ1) is 11.5. The number of fused-ring (bicyclic) bond motifs is 1. The summed E-state index contributed by atoms with van der Waals surface area (Å²) < 4.78 is 1.16. The van der Waals surface area contributed by atoms with Gasteiger partial charge in [0.15, 0.2) is 0 Å². The second-order valence-corrected chi connectivity index (χ2v) is 7.22. The van der Waals surface area contributed by atoms with Gasteiger partial charge < -0.3 is 5.32 Å². The van der Waals surface area contributed by atoms with Gasteiger partial charge in [-0.1, -0.05) is 29.8 Å². The fourth-order valence-corrected chi connectivity index (χ4v) is 3.57. The van der Waals surface area contributed by atoms with Crippen molar-refractivity contribution in [1.82, 2.24) is 9.88 Å². The molecule has 0 aliphatic rings. The molecule has 0 unspecified atom stereocenters. The van der Waals surface area contributed by atoms with E-state index >= 15 is 0 Å². The highest BCUT2D eigenvalue weighted by atomic mass is 35.5. The maximum Gasteiger partial charge on any atom is 0.241 e. The Morgan fingerprint density at radius 1 is 1.29 bits per heavy atom. The lowest BCUT2D eigenvalue weighted by Gasteiger charge is -2.22. The molecule has 1 N–H and O–H groups in total. The third kappa shape index (κ3) is 3.93. The molecule has 0 saturated heterocycles. The van der Waals surface area contributed by atoms with Crippen LogP contribution in [0.4, 0.5) is 5.69 Å². The Morgan fingerprint density at radius 2 is 2.08 bits per heavy atom. The van der Waals surface area contributed by atoms with Crippen LogP contribution >= 0.6 is 22.9 Å². The molecule has 1 atom stereocenters. The Kier molecular flexibility index (Phi) is 5.14. The van der Waals surface area contributed by atoms with Gasteiger partial charge in [0, 0.05) is 10.7 Å². The van der Waals surface area contributed by atoms with E-state index in [4.69, 9.17) is 11.6 Å². The zero-order chi connectivity index (χ0) is 17.1. The van der Waals surface area contributed by atoms with Crippen LogP contribution < -0.4 is 5.32 Å². The fraction of sp³-hybridized carbons (Fsp3) is 0.222. The number of benzene rings is 2. The van der Waals surface area contributed by atoms with Crippen molar-refractivity contribution in [1.29, 1.82) is 0 Å². The second-order valence-electron chi connectivity index (χ2n) is 5.67. The summed E-state index contributed by atoms with van der Waals surface area (Å²) in [7, 11) is 1.92. The van der Waals surface area contributed by atoms with Gasteiger partial charge in [-0.25, -0.2) is 4.98 Å². The molecule has 0 bridgehead atoms. The van der Waals surface area contributed by atoms with Gasteiger partial charge in [0.25, 0.3) is 0 Å². The van der Waals surface area contributed by atoms with Gasteiger partial charge in [0.05, 0.1) is 22.8 Å². The third-order valence-corrected chi connectivity index (χ3v) is 5.11. The number of thiazole rings is 1. The predicted octanol–water partition coefficient (Wildman–Crippen LogP) is 4.41. The number of aromatic nitrogens is 1. The molecule has 6 heteroatoms. The maximum absolute atomic E-state index is 12.4. The summed E-state index contributed by atoms with van der Waals surface area (Å²) in [6.45, 7) is 2.51. The number of carbonyl (C=O) groups excluding carboxylic acids is 1. The van der Waals surface area contributed by atoms with Crippen molar-refractivity contribution in [2.45, 2.75) is 19.5 Å². The number of halogens is 1. The highest BCUT2D eigenvalue weighted by Crippen LogP contribution is 2.23. The lowest BCUT2D eigenvalue weighted by Crippen LogP contribution is -2.39. The first-order valence-corrected chi connectivity index (χ1v) is 8.83. The number of carbonyl (C=O) groups is 1. The minimum absolute atomic E-state index is 0.0686. The monoisotopic (exact) mass is 359 g/mol. The van der Waals surface area contributed by atoms with Crippen LogP contribution in [-0.4, -0.2) is 28.9 Å². The number of hydrogen-bond donors (Lipinski definition) is 1. The van der Waals surface area contributed by atoms with Crippen molar-refractivity contribution in [3.63, 3.8) is 0 Å². The number of nitrogens with zero attached hydrogens (tertiary/aromatic N) is 2. The van der Waals surface area contributed by atoms with Crippen LogP contribution in [0.15, 0.2) is 48.5 Å². The number of likely N-dealkylation sites (N-methyl/N-ethyl adjacent to an activating group) is 1. The standard InChI is InChI=1S/C18H18ClN3OS/c1-12(18(23)20-14-7-5-6-13(19)10-14)22(2)11-17-21-15-8-3-4-9-16(15)24-17/h3-10,12H,11H2,1-2H3,(H,20,23)/t12-/m1/s1. The number of anilines is 1. The zero-order valence-corrected chi connectivity index (χ0v) is 15.1. The molecule has 0 aliphatic heterocycles. The molecule has 0 radical (unpaired) electrons. The molecule has 0 aliphatic carbocycles. The number of nitrogens with one attached hydrogen (secondary N) is 1. The fourth-order valence-electron chi connectivity index (χ4n) is 2.35. The van der Waals surface area contributed by atoms with E-state index < -0.39 is 0 Å². The van der Waals surface area contributed by atoms with Crippen molar-refractivity contribution < 1.29 is 4.79 Å². The Labute approximate surface area is 150 Å². The largest absolute Gasteiger partial charge is 0.325 e. The van der Waals surface area contributed by atoms with E-state index in [-0.39, 0.29) is 11.9 Å². The van der Waals surface area contributed by atoms with Crippen LogP contribution in [0.3, 0.4) is 0 Å². The average Bonchev–Trinajstić information content (AvgIpc) is 2.96. The normalized spacial score (nSPS) is 12.5. The van der Waals surface area contributed by atoms with E-state index in [0.29, 0.717) is 17.3 Å². The van der Waals surface area contributed by atoms with E-state index in [1.807, 2.05) is 49.2 Å². The molecule has 2 aromatic carbocycles. The first kappa shape index (κ1) is 16.9. The summed E-state index contributed by atoms with van der Waals surface area (Å²) in [5.41, 5.74) is 1.70. The van der Waals surface area contributed by atoms with Crippen LogP contribution in [0.25, 0.3) is 10.2 Å². The van der Waals surface area contributed by atoms with Crippen molar-refractivity contribution >= 4 is 44.7 Å². The molecule has 3 aromatic rings. The zero-order valence-electron chi connectivity index (χ0n) is 13.5. The van der Waals surface area contributed by atoms with E-state index in [1.165, 1.54) is 0 Å². The van der Waals surface area contributed by atoms with Crippen LogP contribution in [-0.2, 0) is 11.3 Å². The van der Waals surface area contributed by atoms with Crippen molar-refractivity contribution in [2.24, 2.45) is 0 Å². The first-order valence-electron chi connectivity index (χ1n) is 7.64. The van der Waals surface area contributed by atoms with Crippen molar-refractivity contribution in [3.8, 4) is 0 Å². The van der Waals surface area contributed by atoms with Crippen molar-refractivity contribution in [2.75, 3.05) is 12.4 Å². The molecule has 24 heavy (non-hydrogen) atoms.